The van der Waals surface area contributed by atoms with E-state index in [1.165, 1.54) is 0 Å². The zero-order valence-corrected chi connectivity index (χ0v) is 11.5. The second-order valence-electron chi connectivity index (χ2n) is 3.59. The van der Waals surface area contributed by atoms with Gasteiger partial charge in [0.2, 0.25) is 10.0 Å². The lowest BCUT2D eigenvalue weighted by Crippen LogP contribution is -2.16. The number of primary sulfonamides is 1. The molecule has 0 aliphatic carbocycles. The summed E-state index contributed by atoms with van der Waals surface area (Å²) in [7, 11) is -3.71. The van der Waals surface area contributed by atoms with Gasteiger partial charge in [-0.15, -0.1) is 0 Å². The van der Waals surface area contributed by atoms with Crippen molar-refractivity contribution in [3.8, 4) is 0 Å². The SMILES string of the molecule is CCCCCc1ccnc(Br)c1S(N)(=O)=O. The number of sulfonamides is 1. The molecule has 0 radical (unpaired) electrons. The van der Waals surface area contributed by atoms with Gasteiger partial charge in [-0.05, 0) is 40.4 Å². The summed E-state index contributed by atoms with van der Waals surface area (Å²) in [6, 6.07) is 1.71. The van der Waals surface area contributed by atoms with Gasteiger partial charge < -0.3 is 0 Å². The molecule has 1 rings (SSSR count). The highest BCUT2D eigenvalue weighted by atomic mass is 79.9. The molecule has 0 saturated heterocycles. The Kier molecular flexibility index (Phi) is 4.89. The lowest BCUT2D eigenvalue weighted by atomic mass is 10.1. The van der Waals surface area contributed by atoms with Crippen LogP contribution in [0.1, 0.15) is 31.7 Å². The molecular weight excluding hydrogens is 292 g/mol. The van der Waals surface area contributed by atoms with Gasteiger partial charge in [-0.3, -0.25) is 0 Å². The van der Waals surface area contributed by atoms with Gasteiger partial charge in [0.05, 0.1) is 0 Å². The molecule has 1 heterocycles. The Labute approximate surface area is 104 Å². The van der Waals surface area contributed by atoms with E-state index < -0.39 is 10.0 Å². The van der Waals surface area contributed by atoms with E-state index in [1.807, 2.05) is 0 Å². The fourth-order valence-corrected chi connectivity index (χ4v) is 3.39. The molecule has 0 unspecified atom stereocenters. The summed E-state index contributed by atoms with van der Waals surface area (Å²) >= 11 is 3.12. The topological polar surface area (TPSA) is 73.0 Å². The fourth-order valence-electron chi connectivity index (χ4n) is 1.52. The van der Waals surface area contributed by atoms with Crippen LogP contribution < -0.4 is 5.14 Å². The summed E-state index contributed by atoms with van der Waals surface area (Å²) in [5, 5.41) is 5.16. The first-order chi connectivity index (χ1) is 7.46. The van der Waals surface area contributed by atoms with Crippen molar-refractivity contribution >= 4 is 26.0 Å². The molecule has 0 atom stereocenters. The van der Waals surface area contributed by atoms with Crippen molar-refractivity contribution in [1.29, 1.82) is 0 Å². The van der Waals surface area contributed by atoms with E-state index in [9.17, 15) is 8.42 Å². The molecule has 0 aliphatic heterocycles. The first-order valence-electron chi connectivity index (χ1n) is 5.13. The zero-order chi connectivity index (χ0) is 12.2. The van der Waals surface area contributed by atoms with Crippen LogP contribution in [0.25, 0.3) is 0 Å². The maximum absolute atomic E-state index is 11.4. The molecule has 0 aliphatic rings. The minimum atomic E-state index is -3.71. The smallest absolute Gasteiger partial charge is 0.241 e. The average molecular weight is 307 g/mol. The van der Waals surface area contributed by atoms with Gasteiger partial charge in [0.1, 0.15) is 9.50 Å². The third kappa shape index (κ3) is 3.54. The second-order valence-corrected chi connectivity index (χ2v) is 5.84. The molecule has 0 bridgehead atoms. The highest BCUT2D eigenvalue weighted by Gasteiger charge is 2.18. The van der Waals surface area contributed by atoms with Gasteiger partial charge in [0, 0.05) is 6.20 Å². The lowest BCUT2D eigenvalue weighted by molar-refractivity contribution is 0.594. The maximum Gasteiger partial charge on any atom is 0.241 e. The van der Waals surface area contributed by atoms with Crippen molar-refractivity contribution in [2.75, 3.05) is 0 Å². The summed E-state index contributed by atoms with van der Waals surface area (Å²) in [5.74, 6) is 0. The number of nitrogens with two attached hydrogens (primary N) is 1. The van der Waals surface area contributed by atoms with Crippen LogP contribution in [0.15, 0.2) is 21.8 Å². The predicted octanol–water partition coefficient (Wildman–Crippen LogP) is 2.22. The van der Waals surface area contributed by atoms with Crippen LogP contribution in [-0.4, -0.2) is 13.4 Å². The van der Waals surface area contributed by atoms with Crippen LogP contribution in [0.3, 0.4) is 0 Å². The Balaban J connectivity index is 3.04. The monoisotopic (exact) mass is 306 g/mol. The van der Waals surface area contributed by atoms with Gasteiger partial charge in [-0.2, -0.15) is 0 Å². The van der Waals surface area contributed by atoms with Gasteiger partial charge in [-0.25, -0.2) is 18.5 Å². The highest BCUT2D eigenvalue weighted by molar-refractivity contribution is 9.10. The van der Waals surface area contributed by atoms with Crippen LogP contribution in [0.5, 0.6) is 0 Å². The molecule has 16 heavy (non-hydrogen) atoms. The Bertz CT molecular complexity index is 460. The average Bonchev–Trinajstić information content (AvgIpc) is 2.16. The van der Waals surface area contributed by atoms with E-state index in [2.05, 4.69) is 27.8 Å². The molecule has 0 fully saturated rings. The predicted molar refractivity (Wildman–Crippen MR) is 66.5 cm³/mol. The third-order valence-corrected chi connectivity index (χ3v) is 4.17. The van der Waals surface area contributed by atoms with Gasteiger partial charge in [0.25, 0.3) is 0 Å². The highest BCUT2D eigenvalue weighted by Crippen LogP contribution is 2.23. The van der Waals surface area contributed by atoms with Crippen molar-refractivity contribution < 1.29 is 8.42 Å². The van der Waals surface area contributed by atoms with Crippen molar-refractivity contribution in [1.82, 2.24) is 4.98 Å². The molecule has 1 aromatic rings. The number of rotatable bonds is 5. The molecule has 0 aromatic carbocycles. The Morgan fingerprint density at radius 3 is 2.69 bits per heavy atom. The molecule has 2 N–H and O–H groups in total. The minimum absolute atomic E-state index is 0.117. The summed E-state index contributed by atoms with van der Waals surface area (Å²) in [6.07, 6.45) is 5.41. The lowest BCUT2D eigenvalue weighted by Gasteiger charge is -2.08. The number of pyridine rings is 1. The van der Waals surface area contributed by atoms with E-state index in [4.69, 9.17) is 5.14 Å². The summed E-state index contributed by atoms with van der Waals surface area (Å²) < 4.78 is 23.1. The number of unbranched alkanes of at least 4 members (excludes halogenated alkanes) is 2. The number of hydrogen-bond donors (Lipinski definition) is 1. The van der Waals surface area contributed by atoms with Gasteiger partial charge >= 0.3 is 0 Å². The molecule has 1 aromatic heterocycles. The normalized spacial score (nSPS) is 11.7. The van der Waals surface area contributed by atoms with Gasteiger partial charge in [0.15, 0.2) is 0 Å². The van der Waals surface area contributed by atoms with Crippen LogP contribution in [0.4, 0.5) is 0 Å². The largest absolute Gasteiger partial charge is 0.248 e. The quantitative estimate of drug-likeness (QED) is 0.669. The molecule has 6 heteroatoms. The minimum Gasteiger partial charge on any atom is -0.248 e. The third-order valence-electron chi connectivity index (χ3n) is 2.28. The Morgan fingerprint density at radius 1 is 1.44 bits per heavy atom. The van der Waals surface area contributed by atoms with Gasteiger partial charge in [-0.1, -0.05) is 19.8 Å². The summed E-state index contributed by atoms with van der Waals surface area (Å²) in [6.45, 7) is 2.10. The first kappa shape index (κ1) is 13.6. The summed E-state index contributed by atoms with van der Waals surface area (Å²) in [5.41, 5.74) is 0.734. The number of nitrogens with zero attached hydrogens (tertiary/aromatic N) is 1. The number of aryl methyl sites for hydroxylation is 1. The van der Waals surface area contributed by atoms with Crippen LogP contribution in [-0.2, 0) is 16.4 Å². The molecule has 0 saturated carbocycles. The fraction of sp³-hybridized carbons (Fsp3) is 0.500. The van der Waals surface area contributed by atoms with Crippen LogP contribution in [0.2, 0.25) is 0 Å². The van der Waals surface area contributed by atoms with E-state index >= 15 is 0 Å². The van der Waals surface area contributed by atoms with Crippen molar-refractivity contribution in [2.45, 2.75) is 37.5 Å². The standard InChI is InChI=1S/C10H15BrN2O2S/c1-2-3-4-5-8-6-7-13-10(11)9(8)16(12,14)15/h6-7H,2-5H2,1H3,(H2,12,14,15). The first-order valence-corrected chi connectivity index (χ1v) is 7.47. The van der Waals surface area contributed by atoms with E-state index in [0.717, 1.165) is 24.8 Å². The molecular formula is C10H15BrN2O2S. The maximum atomic E-state index is 11.4. The number of aromatic nitrogens is 1. The molecule has 4 nitrogen and oxygen atoms in total. The van der Waals surface area contributed by atoms with Crippen LogP contribution in [0, 0.1) is 0 Å². The number of halogens is 1. The zero-order valence-electron chi connectivity index (χ0n) is 9.11. The second kappa shape index (κ2) is 5.75. The van der Waals surface area contributed by atoms with Crippen LogP contribution >= 0.6 is 15.9 Å². The Hall–Kier alpha value is -0.460. The van der Waals surface area contributed by atoms with E-state index in [1.54, 1.807) is 12.3 Å². The summed E-state index contributed by atoms with van der Waals surface area (Å²) in [4.78, 5) is 4.01. The molecule has 0 spiro atoms. The Morgan fingerprint density at radius 2 is 2.12 bits per heavy atom. The number of hydrogen-bond acceptors (Lipinski definition) is 3. The molecule has 90 valence electrons. The van der Waals surface area contributed by atoms with E-state index in [0.29, 0.717) is 11.0 Å². The van der Waals surface area contributed by atoms with Crippen molar-refractivity contribution in [3.63, 3.8) is 0 Å². The van der Waals surface area contributed by atoms with Crippen molar-refractivity contribution in [2.24, 2.45) is 5.14 Å². The van der Waals surface area contributed by atoms with E-state index in [-0.39, 0.29) is 4.90 Å². The molecule has 0 amide bonds. The van der Waals surface area contributed by atoms with Crippen molar-refractivity contribution in [3.05, 3.63) is 22.4 Å².